The van der Waals surface area contributed by atoms with Crippen molar-refractivity contribution in [2.45, 2.75) is 39.2 Å². The first-order chi connectivity index (χ1) is 13.5. The molecule has 0 heterocycles. The number of hydrogen-bond donors (Lipinski definition) is 1. The predicted octanol–water partition coefficient (Wildman–Crippen LogP) is 4.02. The highest BCUT2D eigenvalue weighted by Gasteiger charge is 2.20. The average Bonchev–Trinajstić information content (AvgIpc) is 2.72. The Morgan fingerprint density at radius 1 is 1.11 bits per heavy atom. The van der Waals surface area contributed by atoms with E-state index in [4.69, 9.17) is 14.7 Å². The van der Waals surface area contributed by atoms with Gasteiger partial charge >= 0.3 is 5.97 Å². The predicted molar refractivity (Wildman–Crippen MR) is 106 cm³/mol. The molecule has 2 aromatic rings. The fourth-order valence-electron chi connectivity index (χ4n) is 2.60. The molecule has 0 spiro atoms. The molecule has 1 N–H and O–H groups in total. The minimum Gasteiger partial charge on any atom is -0.481 e. The third-order valence-corrected chi connectivity index (χ3v) is 4.39. The van der Waals surface area contributed by atoms with Crippen LogP contribution in [0.2, 0.25) is 0 Å². The van der Waals surface area contributed by atoms with Crippen molar-refractivity contribution in [2.75, 3.05) is 11.9 Å². The number of ether oxygens (including phenoxy) is 2. The number of carbonyl (C=O) groups excluding carboxylic acids is 2. The third-order valence-electron chi connectivity index (χ3n) is 4.39. The molecule has 28 heavy (non-hydrogen) atoms. The summed E-state index contributed by atoms with van der Waals surface area (Å²) in [5, 5.41) is 11.8. The van der Waals surface area contributed by atoms with E-state index in [0.717, 1.165) is 12.0 Å². The van der Waals surface area contributed by atoms with E-state index in [1.54, 1.807) is 24.3 Å². The Kier molecular flexibility index (Phi) is 7.58. The highest BCUT2D eigenvalue weighted by Crippen LogP contribution is 2.26. The number of hydrogen-bond acceptors (Lipinski definition) is 5. The lowest BCUT2D eigenvalue weighted by atomic mass is 9.97. The van der Waals surface area contributed by atoms with Crippen LogP contribution in [0.4, 0.5) is 5.69 Å². The fraction of sp³-hybridized carbons (Fsp3) is 0.318. The SMILES string of the molecule is CC[C@@H](C)c1ccccc1NC(=O)[C@H](C)OC(=O)COc1ccccc1C#N. The van der Waals surface area contributed by atoms with Crippen LogP contribution in [-0.4, -0.2) is 24.6 Å². The van der Waals surface area contributed by atoms with Crippen LogP contribution >= 0.6 is 0 Å². The molecular formula is C22H24N2O4. The van der Waals surface area contributed by atoms with Crippen LogP contribution in [0.3, 0.4) is 0 Å². The van der Waals surface area contributed by atoms with Crippen LogP contribution in [0.5, 0.6) is 5.75 Å². The van der Waals surface area contributed by atoms with Gasteiger partial charge in [-0.1, -0.05) is 44.2 Å². The summed E-state index contributed by atoms with van der Waals surface area (Å²) in [6.45, 7) is 5.28. The Balaban J connectivity index is 1.92. The highest BCUT2D eigenvalue weighted by atomic mass is 16.6. The lowest BCUT2D eigenvalue weighted by Crippen LogP contribution is -2.32. The van der Waals surface area contributed by atoms with Crippen LogP contribution in [-0.2, 0) is 14.3 Å². The van der Waals surface area contributed by atoms with E-state index in [0.29, 0.717) is 22.9 Å². The van der Waals surface area contributed by atoms with Crippen LogP contribution in [0.1, 0.15) is 44.2 Å². The molecule has 2 aromatic carbocycles. The zero-order valence-corrected chi connectivity index (χ0v) is 16.3. The molecule has 0 aromatic heterocycles. The largest absolute Gasteiger partial charge is 0.481 e. The highest BCUT2D eigenvalue weighted by molar-refractivity contribution is 5.95. The first kappa shape index (κ1) is 21.0. The number of rotatable bonds is 8. The number of nitrogens with one attached hydrogen (secondary N) is 1. The molecule has 0 unspecified atom stereocenters. The van der Waals surface area contributed by atoms with E-state index >= 15 is 0 Å². The lowest BCUT2D eigenvalue weighted by Gasteiger charge is -2.18. The summed E-state index contributed by atoms with van der Waals surface area (Å²) in [4.78, 5) is 24.4. The van der Waals surface area contributed by atoms with Gasteiger partial charge in [0.1, 0.15) is 11.8 Å². The summed E-state index contributed by atoms with van der Waals surface area (Å²) < 4.78 is 10.5. The maximum absolute atomic E-state index is 12.4. The molecule has 6 nitrogen and oxygen atoms in total. The Morgan fingerprint density at radius 2 is 1.79 bits per heavy atom. The van der Waals surface area contributed by atoms with Crippen LogP contribution in [0.25, 0.3) is 0 Å². The fourth-order valence-corrected chi connectivity index (χ4v) is 2.60. The molecule has 6 heteroatoms. The van der Waals surface area contributed by atoms with E-state index in [2.05, 4.69) is 19.2 Å². The minimum atomic E-state index is -0.979. The molecule has 146 valence electrons. The number of esters is 1. The van der Waals surface area contributed by atoms with Gasteiger partial charge in [-0.3, -0.25) is 4.79 Å². The van der Waals surface area contributed by atoms with Crippen LogP contribution in [0.15, 0.2) is 48.5 Å². The van der Waals surface area contributed by atoms with Gasteiger partial charge in [0.15, 0.2) is 12.7 Å². The summed E-state index contributed by atoms with van der Waals surface area (Å²) in [5.74, 6) is -0.517. The smallest absolute Gasteiger partial charge is 0.344 e. The number of para-hydroxylation sites is 2. The van der Waals surface area contributed by atoms with Gasteiger partial charge in [0.05, 0.1) is 5.56 Å². The van der Waals surface area contributed by atoms with Gasteiger partial charge in [-0.15, -0.1) is 0 Å². The Bertz CT molecular complexity index is 873. The third kappa shape index (κ3) is 5.58. The van der Waals surface area contributed by atoms with Gasteiger partial charge in [-0.25, -0.2) is 4.79 Å². The van der Waals surface area contributed by atoms with E-state index in [1.165, 1.54) is 6.92 Å². The second kappa shape index (κ2) is 10.1. The second-order valence-electron chi connectivity index (χ2n) is 6.41. The summed E-state index contributed by atoms with van der Waals surface area (Å²) >= 11 is 0. The van der Waals surface area contributed by atoms with Crippen molar-refractivity contribution >= 4 is 17.6 Å². The average molecular weight is 380 g/mol. The van der Waals surface area contributed by atoms with E-state index in [-0.39, 0.29) is 6.61 Å². The molecule has 0 aliphatic carbocycles. The number of anilines is 1. The molecule has 0 radical (unpaired) electrons. The number of nitrogens with zero attached hydrogens (tertiary/aromatic N) is 1. The number of nitriles is 1. The van der Waals surface area contributed by atoms with Crippen molar-refractivity contribution in [3.63, 3.8) is 0 Å². The Hall–Kier alpha value is -3.33. The second-order valence-corrected chi connectivity index (χ2v) is 6.41. The molecule has 0 aliphatic rings. The molecule has 0 aliphatic heterocycles. The van der Waals surface area contributed by atoms with Gasteiger partial charge in [-0.2, -0.15) is 5.26 Å². The number of amides is 1. The van der Waals surface area contributed by atoms with E-state index in [1.807, 2.05) is 30.3 Å². The lowest BCUT2D eigenvalue weighted by molar-refractivity contribution is -0.155. The molecular weight excluding hydrogens is 356 g/mol. The topological polar surface area (TPSA) is 88.4 Å². The van der Waals surface area contributed by atoms with Gasteiger partial charge < -0.3 is 14.8 Å². The minimum absolute atomic E-state index is 0.293. The van der Waals surface area contributed by atoms with Crippen LogP contribution < -0.4 is 10.1 Å². The molecule has 2 rings (SSSR count). The summed E-state index contributed by atoms with van der Waals surface area (Å²) in [7, 11) is 0. The van der Waals surface area contributed by atoms with Crippen molar-refractivity contribution in [1.29, 1.82) is 5.26 Å². The molecule has 0 saturated carbocycles. The van der Waals surface area contributed by atoms with E-state index < -0.39 is 18.0 Å². The van der Waals surface area contributed by atoms with Crippen LogP contribution in [0, 0.1) is 11.3 Å². The summed E-state index contributed by atoms with van der Waals surface area (Å²) in [6, 6.07) is 16.1. The van der Waals surface area contributed by atoms with Gasteiger partial charge in [0.25, 0.3) is 5.91 Å². The maximum atomic E-state index is 12.4. The molecule has 1 amide bonds. The van der Waals surface area contributed by atoms with Gasteiger partial charge in [0.2, 0.25) is 0 Å². The van der Waals surface area contributed by atoms with Crippen molar-refractivity contribution in [1.82, 2.24) is 0 Å². The zero-order chi connectivity index (χ0) is 20.5. The van der Waals surface area contributed by atoms with Crippen molar-refractivity contribution in [3.8, 4) is 11.8 Å². The maximum Gasteiger partial charge on any atom is 0.344 e. The Labute approximate surface area is 165 Å². The summed E-state index contributed by atoms with van der Waals surface area (Å²) in [5.41, 5.74) is 2.07. The first-order valence-electron chi connectivity index (χ1n) is 9.17. The monoisotopic (exact) mass is 380 g/mol. The quantitative estimate of drug-likeness (QED) is 0.699. The first-order valence-corrected chi connectivity index (χ1v) is 9.17. The zero-order valence-electron chi connectivity index (χ0n) is 16.3. The van der Waals surface area contributed by atoms with Crippen molar-refractivity contribution in [3.05, 3.63) is 59.7 Å². The standard InChI is InChI=1S/C22H24N2O4/c1-4-15(2)18-10-6-7-11-19(18)24-22(26)16(3)28-21(25)14-27-20-12-8-5-9-17(20)13-23/h5-12,15-16H,4,14H2,1-3H3,(H,24,26)/t15-,16+/m1/s1. The summed E-state index contributed by atoms with van der Waals surface area (Å²) in [6.07, 6.45) is -0.0360. The molecule has 0 saturated heterocycles. The normalized spacial score (nSPS) is 12.4. The van der Waals surface area contributed by atoms with Crippen molar-refractivity contribution < 1.29 is 19.1 Å². The number of carbonyl (C=O) groups is 2. The van der Waals surface area contributed by atoms with E-state index in [9.17, 15) is 9.59 Å². The molecule has 2 atom stereocenters. The Morgan fingerprint density at radius 3 is 2.50 bits per heavy atom. The number of benzene rings is 2. The van der Waals surface area contributed by atoms with Gasteiger partial charge in [0, 0.05) is 5.69 Å². The molecule has 0 bridgehead atoms. The van der Waals surface area contributed by atoms with Crippen molar-refractivity contribution in [2.24, 2.45) is 0 Å². The molecule has 0 fully saturated rings. The van der Waals surface area contributed by atoms with Gasteiger partial charge in [-0.05, 0) is 43.0 Å².